The molecule has 0 aliphatic carbocycles. The summed E-state index contributed by atoms with van der Waals surface area (Å²) in [4.78, 5) is 0. The molecular formula is C2H8I2N2Pt. The molecule has 0 spiro atoms. The Kier molecular flexibility index (Phi) is 98.1. The van der Waals surface area contributed by atoms with E-state index < -0.39 is 0 Å². The summed E-state index contributed by atoms with van der Waals surface area (Å²) in [5.41, 5.74) is 11.5. The van der Waals surface area contributed by atoms with Crippen LogP contribution in [0.1, 0.15) is 0 Å². The van der Waals surface area contributed by atoms with Crippen molar-refractivity contribution in [1.82, 2.24) is 0 Å². The molecule has 0 saturated heterocycles. The number of hydrogen-bond donors (Lipinski definition) is 0. The third-order valence-electron chi connectivity index (χ3n) is 0. The number of rotatable bonds is 0. The van der Waals surface area contributed by atoms with E-state index in [0.29, 0.717) is 11.2 Å². The standard InChI is InChI=1S/2CH4N.2HI.Pt/c2*1-2;;;/h2*2H,1H3;2*1H;/q2*-1;;;+4/p-2. The fourth-order valence-electron chi connectivity index (χ4n) is 0. The van der Waals surface area contributed by atoms with Crippen LogP contribution in [0.3, 0.4) is 0 Å². The molecule has 0 aromatic carbocycles. The quantitative estimate of drug-likeness (QED) is 0.452. The molecule has 2 nitrogen and oxygen atoms in total. The van der Waals surface area contributed by atoms with Crippen molar-refractivity contribution in [3.05, 3.63) is 11.5 Å². The third-order valence-corrected chi connectivity index (χ3v) is 0. The molecule has 0 radical (unpaired) electrons. The summed E-state index contributed by atoms with van der Waals surface area (Å²) in [7, 11) is 2.50. The molecule has 0 atom stereocenters. The van der Waals surface area contributed by atoms with Crippen LogP contribution >= 0.6 is 38.7 Å². The molecule has 5 heteroatoms. The van der Waals surface area contributed by atoms with Crippen molar-refractivity contribution in [2.75, 3.05) is 14.1 Å². The third kappa shape index (κ3) is 69.5. The van der Waals surface area contributed by atoms with Crippen molar-refractivity contribution in [2.24, 2.45) is 0 Å². The van der Waals surface area contributed by atoms with Crippen LogP contribution in [0.5, 0.6) is 0 Å². The molecule has 50 valence electrons. The van der Waals surface area contributed by atoms with Gasteiger partial charge in [-0.05, 0) is 0 Å². The van der Waals surface area contributed by atoms with Crippen LogP contribution < -0.4 is 0 Å². The van der Waals surface area contributed by atoms with Gasteiger partial charge in [0.25, 0.3) is 0 Å². The van der Waals surface area contributed by atoms with Gasteiger partial charge in [0, 0.05) is 0 Å². The monoisotopic (exact) mass is 509 g/mol. The van der Waals surface area contributed by atoms with Crippen molar-refractivity contribution in [1.29, 1.82) is 0 Å². The van der Waals surface area contributed by atoms with Crippen LogP contribution in [0.15, 0.2) is 0 Å². The van der Waals surface area contributed by atoms with Gasteiger partial charge < -0.3 is 11.5 Å². The number of halogens is 2. The maximum absolute atomic E-state index is 5.75. The van der Waals surface area contributed by atoms with E-state index >= 15 is 0 Å². The summed E-state index contributed by atoms with van der Waals surface area (Å²) < 4.78 is 0. The Hall–Kier alpha value is 2.07. The average Bonchev–Trinajstić information content (AvgIpc) is 1.78. The summed E-state index contributed by atoms with van der Waals surface area (Å²) in [6, 6.07) is 0. The van der Waals surface area contributed by atoms with Crippen LogP contribution in [-0.4, -0.2) is 14.1 Å². The van der Waals surface area contributed by atoms with Gasteiger partial charge in [-0.15, -0.1) is 0 Å². The van der Waals surface area contributed by atoms with E-state index in [1.165, 1.54) is 14.1 Å². The first-order chi connectivity index (χ1) is 3.41. The van der Waals surface area contributed by atoms with Gasteiger partial charge in [0.2, 0.25) is 0 Å². The predicted octanol–water partition coefficient (Wildman–Crippen LogP) is 3.11. The second-order valence-electron chi connectivity index (χ2n) is 0.0452. The van der Waals surface area contributed by atoms with E-state index in [1.807, 2.05) is 0 Å². The van der Waals surface area contributed by atoms with Gasteiger partial charge in [0.05, 0.1) is 0 Å². The van der Waals surface area contributed by atoms with Crippen molar-refractivity contribution in [2.45, 2.75) is 0 Å². The van der Waals surface area contributed by atoms with Gasteiger partial charge in [-0.3, -0.25) is 0 Å². The van der Waals surface area contributed by atoms with E-state index in [0.717, 1.165) is 0 Å². The van der Waals surface area contributed by atoms with E-state index in [2.05, 4.69) is 38.7 Å². The second kappa shape index (κ2) is 42.8. The first-order valence-corrected chi connectivity index (χ1v) is 14.1. The Morgan fingerprint density at radius 2 is 1.00 bits per heavy atom. The van der Waals surface area contributed by atoms with Gasteiger partial charge in [0.1, 0.15) is 0 Å². The summed E-state index contributed by atoms with van der Waals surface area (Å²) in [5, 5.41) is 0. The van der Waals surface area contributed by atoms with Crippen molar-refractivity contribution in [3.8, 4) is 0 Å². The van der Waals surface area contributed by atoms with Gasteiger partial charge in [-0.25, -0.2) is 0 Å². The van der Waals surface area contributed by atoms with Crippen LogP contribution in [0.4, 0.5) is 0 Å². The normalized spacial score (nSPS) is 4.86. The molecule has 0 aliphatic heterocycles. The van der Waals surface area contributed by atoms with E-state index in [9.17, 15) is 0 Å². The first kappa shape index (κ1) is 16.0. The van der Waals surface area contributed by atoms with Crippen LogP contribution in [-0.2, 0) is 11.2 Å². The zero-order chi connectivity index (χ0) is 6.71. The Bertz CT molecular complexity index is 13.7. The summed E-state index contributed by atoms with van der Waals surface area (Å²) >= 11 is 5.30. The molecule has 0 aromatic rings. The van der Waals surface area contributed by atoms with Crippen LogP contribution in [0.25, 0.3) is 11.5 Å². The van der Waals surface area contributed by atoms with Crippen molar-refractivity contribution >= 4 is 38.7 Å². The molecule has 0 rings (SSSR count). The first-order valence-electron chi connectivity index (χ1n) is 1.24. The molecule has 0 fully saturated rings. The summed E-state index contributed by atoms with van der Waals surface area (Å²) in [5.74, 6) is 0. The van der Waals surface area contributed by atoms with Crippen LogP contribution in [0, 0.1) is 0 Å². The Morgan fingerprint density at radius 3 is 1.00 bits per heavy atom. The predicted molar refractivity (Wildman–Crippen MR) is 48.5 cm³/mol. The topological polar surface area (TPSA) is 47.6 Å². The van der Waals surface area contributed by atoms with Gasteiger partial charge in [0.15, 0.2) is 0 Å². The van der Waals surface area contributed by atoms with Gasteiger partial charge >= 0.3 is 49.9 Å². The van der Waals surface area contributed by atoms with E-state index in [4.69, 9.17) is 11.5 Å². The van der Waals surface area contributed by atoms with Crippen LogP contribution in [0.2, 0.25) is 0 Å². The fraction of sp³-hybridized carbons (Fsp3) is 1.00. The van der Waals surface area contributed by atoms with E-state index in [-0.39, 0.29) is 0 Å². The Labute approximate surface area is 74.4 Å². The molecule has 0 heterocycles. The molecule has 0 bridgehead atoms. The Morgan fingerprint density at radius 1 is 1.00 bits per heavy atom. The minimum absolute atomic E-state index is 0.523. The molecule has 0 unspecified atom stereocenters. The summed E-state index contributed by atoms with van der Waals surface area (Å²) in [6.07, 6.45) is 0. The van der Waals surface area contributed by atoms with Gasteiger partial charge in [-0.2, -0.15) is 14.1 Å². The number of nitrogens with one attached hydrogen (secondary N) is 2. The summed E-state index contributed by atoms with van der Waals surface area (Å²) in [6.45, 7) is 0. The number of hydrogen-bond acceptors (Lipinski definition) is 0. The minimum atomic E-state index is 0.523. The Balaban J connectivity index is -0.0000000360. The molecule has 0 saturated carbocycles. The molecule has 0 amide bonds. The molecular weight excluding hydrogens is 501 g/mol. The molecule has 7 heavy (non-hydrogen) atoms. The average molecular weight is 509 g/mol. The fourth-order valence-corrected chi connectivity index (χ4v) is 0. The zero-order valence-corrected chi connectivity index (χ0v) is 10.7. The van der Waals surface area contributed by atoms with Gasteiger partial charge in [-0.1, -0.05) is 0 Å². The van der Waals surface area contributed by atoms with Crippen molar-refractivity contribution < 1.29 is 11.2 Å². The molecule has 0 aliphatic rings. The SMILES string of the molecule is C[NH-].C[NH-].[I][Pt+2][I]. The molecule has 2 N–H and O–H groups in total. The van der Waals surface area contributed by atoms with Crippen molar-refractivity contribution in [3.63, 3.8) is 0 Å². The molecule has 0 aromatic heterocycles. The zero-order valence-electron chi connectivity index (χ0n) is 4.07. The second-order valence-corrected chi connectivity index (χ2v) is 16.6. The maximum atomic E-state index is 5.75. The van der Waals surface area contributed by atoms with E-state index in [1.54, 1.807) is 0 Å².